The normalized spacial score (nSPS) is 18.5. The maximum Gasteiger partial charge on any atom is 0.123 e. The number of benzene rings is 1. The third kappa shape index (κ3) is 3.36. The smallest absolute Gasteiger partial charge is 0.123 e. The highest BCUT2D eigenvalue weighted by Crippen LogP contribution is 2.22. The molecule has 0 N–H and O–H groups in total. The molecule has 0 saturated carbocycles. The van der Waals surface area contributed by atoms with Crippen molar-refractivity contribution in [2.75, 3.05) is 26.2 Å². The monoisotopic (exact) mass is 302 g/mol. The number of imidazole rings is 1. The van der Waals surface area contributed by atoms with Crippen LogP contribution in [0.15, 0.2) is 36.7 Å². The molecular formula is C17H23FN4. The van der Waals surface area contributed by atoms with Crippen molar-refractivity contribution in [3.63, 3.8) is 0 Å². The van der Waals surface area contributed by atoms with E-state index in [2.05, 4.69) is 26.3 Å². The van der Waals surface area contributed by atoms with Crippen molar-refractivity contribution in [3.05, 3.63) is 53.9 Å². The fraction of sp³-hybridized carbons (Fsp3) is 0.471. The molecule has 0 bridgehead atoms. The maximum absolute atomic E-state index is 13.0. The Labute approximate surface area is 131 Å². The fourth-order valence-electron chi connectivity index (χ4n) is 3.01. The van der Waals surface area contributed by atoms with E-state index < -0.39 is 0 Å². The minimum Gasteiger partial charge on any atom is -0.337 e. The van der Waals surface area contributed by atoms with Gasteiger partial charge in [-0.1, -0.05) is 12.1 Å². The molecule has 3 rings (SSSR count). The van der Waals surface area contributed by atoms with Crippen molar-refractivity contribution >= 4 is 0 Å². The molecule has 1 aromatic carbocycles. The summed E-state index contributed by atoms with van der Waals surface area (Å²) < 4.78 is 15.1. The Hall–Kier alpha value is -1.72. The Morgan fingerprint density at radius 1 is 1.14 bits per heavy atom. The molecule has 0 radical (unpaired) electrons. The zero-order valence-corrected chi connectivity index (χ0v) is 13.2. The summed E-state index contributed by atoms with van der Waals surface area (Å²) in [5, 5.41) is 0. The van der Waals surface area contributed by atoms with Crippen LogP contribution >= 0.6 is 0 Å². The number of hydrogen-bond acceptors (Lipinski definition) is 3. The number of halogens is 1. The summed E-state index contributed by atoms with van der Waals surface area (Å²) in [5.41, 5.74) is 1.18. The van der Waals surface area contributed by atoms with Gasteiger partial charge in [0.2, 0.25) is 0 Å². The highest BCUT2D eigenvalue weighted by molar-refractivity contribution is 5.19. The molecule has 22 heavy (non-hydrogen) atoms. The SMILES string of the molecule is C[C@@H](c1ccc(F)cc1)N1CCN(Cc2nccn2C)CC1. The molecule has 2 aromatic rings. The number of aromatic nitrogens is 2. The van der Waals surface area contributed by atoms with Crippen molar-refractivity contribution in [2.45, 2.75) is 19.5 Å². The molecule has 4 nitrogen and oxygen atoms in total. The van der Waals surface area contributed by atoms with Crippen molar-refractivity contribution in [1.29, 1.82) is 0 Å². The zero-order valence-electron chi connectivity index (χ0n) is 13.2. The number of rotatable bonds is 4. The Bertz CT molecular complexity index is 599. The van der Waals surface area contributed by atoms with Gasteiger partial charge in [0.05, 0.1) is 6.54 Å². The second-order valence-corrected chi connectivity index (χ2v) is 5.99. The Morgan fingerprint density at radius 2 is 1.82 bits per heavy atom. The summed E-state index contributed by atoms with van der Waals surface area (Å²) in [6.45, 7) is 7.24. The number of nitrogens with zero attached hydrogens (tertiary/aromatic N) is 4. The number of aryl methyl sites for hydroxylation is 1. The molecule has 2 heterocycles. The lowest BCUT2D eigenvalue weighted by atomic mass is 10.1. The van der Waals surface area contributed by atoms with Crippen LogP contribution in [-0.2, 0) is 13.6 Å². The minimum atomic E-state index is -0.171. The molecular weight excluding hydrogens is 279 g/mol. The molecule has 0 unspecified atom stereocenters. The first-order valence-electron chi connectivity index (χ1n) is 7.81. The van der Waals surface area contributed by atoms with Crippen molar-refractivity contribution < 1.29 is 4.39 Å². The van der Waals surface area contributed by atoms with E-state index in [4.69, 9.17) is 0 Å². The predicted octanol–water partition coefficient (Wildman–Crippen LogP) is 2.44. The summed E-state index contributed by atoms with van der Waals surface area (Å²) >= 11 is 0. The van der Waals surface area contributed by atoms with Crippen LogP contribution in [0.25, 0.3) is 0 Å². The van der Waals surface area contributed by atoms with Gasteiger partial charge in [-0.2, -0.15) is 0 Å². The van der Waals surface area contributed by atoms with Gasteiger partial charge in [-0.3, -0.25) is 9.80 Å². The number of piperazine rings is 1. The molecule has 0 amide bonds. The van der Waals surface area contributed by atoms with E-state index in [-0.39, 0.29) is 5.82 Å². The summed E-state index contributed by atoms with van der Waals surface area (Å²) in [4.78, 5) is 9.29. The maximum atomic E-state index is 13.0. The van der Waals surface area contributed by atoms with Gasteiger partial charge in [-0.05, 0) is 24.6 Å². The van der Waals surface area contributed by atoms with Gasteiger partial charge < -0.3 is 4.57 Å². The van der Waals surface area contributed by atoms with Gasteiger partial charge in [0, 0.05) is 51.7 Å². The molecule has 0 aliphatic carbocycles. The standard InChI is InChI=1S/C17H23FN4/c1-14(15-3-5-16(18)6-4-15)22-11-9-21(10-12-22)13-17-19-7-8-20(17)2/h3-8,14H,9-13H2,1-2H3/t14-/m0/s1. The van der Waals surface area contributed by atoms with E-state index in [0.717, 1.165) is 38.5 Å². The van der Waals surface area contributed by atoms with E-state index >= 15 is 0 Å². The third-order valence-corrected chi connectivity index (χ3v) is 4.59. The first kappa shape index (κ1) is 15.2. The fourth-order valence-corrected chi connectivity index (χ4v) is 3.01. The van der Waals surface area contributed by atoms with Crippen molar-refractivity contribution in [2.24, 2.45) is 7.05 Å². The molecule has 1 fully saturated rings. The molecule has 5 heteroatoms. The highest BCUT2D eigenvalue weighted by atomic mass is 19.1. The summed E-state index contributed by atoms with van der Waals surface area (Å²) in [6, 6.07) is 7.20. The van der Waals surface area contributed by atoms with Crippen molar-refractivity contribution in [1.82, 2.24) is 19.4 Å². The van der Waals surface area contributed by atoms with Gasteiger partial charge in [-0.15, -0.1) is 0 Å². The Morgan fingerprint density at radius 3 is 2.41 bits per heavy atom. The molecule has 1 atom stereocenters. The first-order chi connectivity index (χ1) is 10.6. The van der Waals surface area contributed by atoms with E-state index in [1.807, 2.05) is 31.6 Å². The summed E-state index contributed by atoms with van der Waals surface area (Å²) in [7, 11) is 2.04. The van der Waals surface area contributed by atoms with Crippen LogP contribution in [0.2, 0.25) is 0 Å². The molecule has 1 aliphatic rings. The van der Waals surface area contributed by atoms with Gasteiger partial charge >= 0.3 is 0 Å². The third-order valence-electron chi connectivity index (χ3n) is 4.59. The van der Waals surface area contributed by atoms with E-state index in [9.17, 15) is 4.39 Å². The topological polar surface area (TPSA) is 24.3 Å². The van der Waals surface area contributed by atoms with Crippen LogP contribution in [0.1, 0.15) is 24.4 Å². The van der Waals surface area contributed by atoms with Gasteiger partial charge in [-0.25, -0.2) is 9.37 Å². The quantitative estimate of drug-likeness (QED) is 0.867. The average molecular weight is 302 g/mol. The van der Waals surface area contributed by atoms with E-state index in [1.165, 1.54) is 5.56 Å². The lowest BCUT2D eigenvalue weighted by Crippen LogP contribution is -2.46. The van der Waals surface area contributed by atoms with E-state index in [1.54, 1.807) is 12.1 Å². The predicted molar refractivity (Wildman–Crippen MR) is 84.9 cm³/mol. The highest BCUT2D eigenvalue weighted by Gasteiger charge is 2.22. The van der Waals surface area contributed by atoms with Crippen LogP contribution in [0, 0.1) is 5.82 Å². The van der Waals surface area contributed by atoms with Gasteiger partial charge in [0.15, 0.2) is 0 Å². The van der Waals surface area contributed by atoms with Crippen LogP contribution < -0.4 is 0 Å². The average Bonchev–Trinajstić information content (AvgIpc) is 2.93. The molecule has 1 saturated heterocycles. The number of hydrogen-bond donors (Lipinski definition) is 0. The van der Waals surface area contributed by atoms with Crippen molar-refractivity contribution in [3.8, 4) is 0 Å². The first-order valence-corrected chi connectivity index (χ1v) is 7.81. The van der Waals surface area contributed by atoms with Crippen LogP contribution in [0.4, 0.5) is 4.39 Å². The molecule has 118 valence electrons. The van der Waals surface area contributed by atoms with Gasteiger partial charge in [0.1, 0.15) is 11.6 Å². The second kappa shape index (κ2) is 6.58. The molecule has 1 aliphatic heterocycles. The van der Waals surface area contributed by atoms with Gasteiger partial charge in [0.25, 0.3) is 0 Å². The zero-order chi connectivity index (χ0) is 15.5. The lowest BCUT2D eigenvalue weighted by Gasteiger charge is -2.38. The van der Waals surface area contributed by atoms with Crippen LogP contribution in [0.5, 0.6) is 0 Å². The van der Waals surface area contributed by atoms with E-state index in [0.29, 0.717) is 6.04 Å². The largest absolute Gasteiger partial charge is 0.337 e. The summed E-state index contributed by atoms with van der Waals surface area (Å²) in [6.07, 6.45) is 3.84. The Balaban J connectivity index is 1.55. The van der Waals surface area contributed by atoms with Crippen LogP contribution in [-0.4, -0.2) is 45.5 Å². The second-order valence-electron chi connectivity index (χ2n) is 5.99. The summed E-state index contributed by atoms with van der Waals surface area (Å²) in [5.74, 6) is 0.941. The molecule has 0 spiro atoms. The lowest BCUT2D eigenvalue weighted by molar-refractivity contribution is 0.0956. The molecule has 1 aromatic heterocycles. The minimum absolute atomic E-state index is 0.171. The Kier molecular flexibility index (Phi) is 4.55. The van der Waals surface area contributed by atoms with Crippen LogP contribution in [0.3, 0.4) is 0 Å².